The molecule has 0 bridgehead atoms. The lowest BCUT2D eigenvalue weighted by Gasteiger charge is -2.32. The summed E-state index contributed by atoms with van der Waals surface area (Å²) in [6.45, 7) is 1.37. The van der Waals surface area contributed by atoms with Crippen molar-refractivity contribution in [3.05, 3.63) is 65.7 Å². The normalized spacial score (nSPS) is 14.6. The highest BCUT2D eigenvalue weighted by Crippen LogP contribution is 2.20. The van der Waals surface area contributed by atoms with Crippen molar-refractivity contribution in [2.24, 2.45) is 0 Å². The average Bonchev–Trinajstić information content (AvgIpc) is 2.73. The van der Waals surface area contributed by atoms with Crippen LogP contribution in [0.2, 0.25) is 0 Å². The molecule has 27 heavy (non-hydrogen) atoms. The van der Waals surface area contributed by atoms with E-state index in [4.69, 9.17) is 4.74 Å². The molecule has 5 heteroatoms. The van der Waals surface area contributed by atoms with Crippen LogP contribution in [-0.2, 0) is 11.2 Å². The summed E-state index contributed by atoms with van der Waals surface area (Å²) in [5, 5.41) is 3.07. The minimum absolute atomic E-state index is 0.0449. The molecule has 0 atom stereocenters. The minimum Gasteiger partial charge on any atom is -0.496 e. The van der Waals surface area contributed by atoms with E-state index in [1.165, 1.54) is 0 Å². The number of benzene rings is 2. The highest BCUT2D eigenvalue weighted by Gasteiger charge is 2.24. The van der Waals surface area contributed by atoms with E-state index in [0.29, 0.717) is 31.5 Å². The number of likely N-dealkylation sites (tertiary alicyclic amines) is 1. The molecule has 1 aliphatic heterocycles. The van der Waals surface area contributed by atoms with E-state index in [-0.39, 0.29) is 17.9 Å². The highest BCUT2D eigenvalue weighted by molar-refractivity contribution is 5.94. The van der Waals surface area contributed by atoms with Crippen LogP contribution in [0.15, 0.2) is 54.6 Å². The molecule has 3 rings (SSSR count). The number of methoxy groups -OCH3 is 1. The van der Waals surface area contributed by atoms with Crippen LogP contribution in [0.25, 0.3) is 0 Å². The van der Waals surface area contributed by atoms with E-state index in [1.807, 2.05) is 59.5 Å². The molecule has 1 N–H and O–H groups in total. The van der Waals surface area contributed by atoms with Crippen molar-refractivity contribution in [2.45, 2.75) is 31.7 Å². The Kier molecular flexibility index (Phi) is 6.47. The summed E-state index contributed by atoms with van der Waals surface area (Å²) < 4.78 is 5.35. The number of nitrogens with one attached hydrogen (secondary N) is 1. The van der Waals surface area contributed by atoms with Gasteiger partial charge in [-0.1, -0.05) is 36.4 Å². The zero-order valence-electron chi connectivity index (χ0n) is 15.7. The second kappa shape index (κ2) is 9.21. The number of aryl methyl sites for hydroxylation is 1. The van der Waals surface area contributed by atoms with Crippen LogP contribution in [0.3, 0.4) is 0 Å². The Bertz CT molecular complexity index is 768. The van der Waals surface area contributed by atoms with Crippen LogP contribution in [-0.4, -0.2) is 43.0 Å². The monoisotopic (exact) mass is 366 g/mol. The number of piperidine rings is 1. The van der Waals surface area contributed by atoms with Crippen molar-refractivity contribution in [1.82, 2.24) is 10.2 Å². The molecular formula is C22H26N2O3. The van der Waals surface area contributed by atoms with Crippen molar-refractivity contribution < 1.29 is 14.3 Å². The van der Waals surface area contributed by atoms with Gasteiger partial charge in [-0.05, 0) is 43.0 Å². The fourth-order valence-corrected chi connectivity index (χ4v) is 3.44. The Hall–Kier alpha value is -2.82. The van der Waals surface area contributed by atoms with Crippen LogP contribution in [0.1, 0.15) is 35.2 Å². The highest BCUT2D eigenvalue weighted by atomic mass is 16.5. The van der Waals surface area contributed by atoms with Crippen molar-refractivity contribution >= 4 is 11.8 Å². The van der Waals surface area contributed by atoms with E-state index >= 15 is 0 Å². The quantitative estimate of drug-likeness (QED) is 0.855. The third kappa shape index (κ3) is 5.09. The zero-order chi connectivity index (χ0) is 19.1. The minimum atomic E-state index is -0.0449. The SMILES string of the molecule is COc1ccccc1CCC(=O)N1CCC(NC(=O)c2ccccc2)CC1. The predicted molar refractivity (Wildman–Crippen MR) is 105 cm³/mol. The Morgan fingerprint density at radius 2 is 1.70 bits per heavy atom. The molecule has 1 aliphatic rings. The molecule has 2 aromatic carbocycles. The lowest BCUT2D eigenvalue weighted by molar-refractivity contribution is -0.132. The maximum absolute atomic E-state index is 12.5. The molecule has 1 fully saturated rings. The molecule has 0 spiro atoms. The van der Waals surface area contributed by atoms with E-state index in [9.17, 15) is 9.59 Å². The topological polar surface area (TPSA) is 58.6 Å². The Morgan fingerprint density at radius 1 is 1.04 bits per heavy atom. The number of carbonyl (C=O) groups excluding carboxylic acids is 2. The van der Waals surface area contributed by atoms with Crippen molar-refractivity contribution in [3.8, 4) is 5.75 Å². The Morgan fingerprint density at radius 3 is 2.41 bits per heavy atom. The summed E-state index contributed by atoms with van der Waals surface area (Å²) >= 11 is 0. The first-order chi connectivity index (χ1) is 13.2. The van der Waals surface area contributed by atoms with Gasteiger partial charge in [-0.15, -0.1) is 0 Å². The number of para-hydroxylation sites is 1. The molecule has 0 unspecified atom stereocenters. The molecule has 0 radical (unpaired) electrons. The molecule has 2 aromatic rings. The number of hydrogen-bond acceptors (Lipinski definition) is 3. The fraction of sp³-hybridized carbons (Fsp3) is 0.364. The van der Waals surface area contributed by atoms with Crippen LogP contribution >= 0.6 is 0 Å². The predicted octanol–water partition coefficient (Wildman–Crippen LogP) is 3.05. The third-order valence-corrected chi connectivity index (χ3v) is 5.02. The molecule has 142 valence electrons. The smallest absolute Gasteiger partial charge is 0.251 e. The summed E-state index contributed by atoms with van der Waals surface area (Å²) in [4.78, 5) is 26.7. The van der Waals surface area contributed by atoms with Gasteiger partial charge in [-0.3, -0.25) is 9.59 Å². The van der Waals surface area contributed by atoms with Crippen molar-refractivity contribution in [1.29, 1.82) is 0 Å². The summed E-state index contributed by atoms with van der Waals surface area (Å²) in [5.41, 5.74) is 1.73. The first-order valence-corrected chi connectivity index (χ1v) is 9.43. The van der Waals surface area contributed by atoms with Gasteiger partial charge in [0.15, 0.2) is 0 Å². The number of hydrogen-bond donors (Lipinski definition) is 1. The summed E-state index contributed by atoms with van der Waals surface area (Å²) in [5.74, 6) is 0.943. The Labute approximate surface area is 160 Å². The number of nitrogens with zero attached hydrogens (tertiary/aromatic N) is 1. The molecule has 1 heterocycles. The summed E-state index contributed by atoms with van der Waals surface area (Å²) in [7, 11) is 1.65. The molecule has 5 nitrogen and oxygen atoms in total. The van der Waals surface area contributed by atoms with Crippen LogP contribution in [0, 0.1) is 0 Å². The first-order valence-electron chi connectivity index (χ1n) is 9.43. The Balaban J connectivity index is 1.44. The number of carbonyl (C=O) groups is 2. The van der Waals surface area contributed by atoms with Gasteiger partial charge in [0.1, 0.15) is 5.75 Å². The van der Waals surface area contributed by atoms with Crippen LogP contribution in [0.5, 0.6) is 5.75 Å². The molecular weight excluding hydrogens is 340 g/mol. The van der Waals surface area contributed by atoms with Crippen molar-refractivity contribution in [2.75, 3.05) is 20.2 Å². The maximum Gasteiger partial charge on any atom is 0.251 e. The number of amides is 2. The second-order valence-electron chi connectivity index (χ2n) is 6.81. The summed E-state index contributed by atoms with van der Waals surface area (Å²) in [6.07, 6.45) is 2.73. The first kappa shape index (κ1) is 19.0. The zero-order valence-corrected chi connectivity index (χ0v) is 15.7. The van der Waals surface area contributed by atoms with E-state index in [2.05, 4.69) is 5.32 Å². The maximum atomic E-state index is 12.5. The molecule has 1 saturated heterocycles. The molecule has 2 amide bonds. The lowest BCUT2D eigenvalue weighted by atomic mass is 10.0. The van der Waals surface area contributed by atoms with Crippen LogP contribution in [0.4, 0.5) is 0 Å². The fourth-order valence-electron chi connectivity index (χ4n) is 3.44. The number of rotatable bonds is 6. The average molecular weight is 366 g/mol. The van der Waals surface area contributed by atoms with Gasteiger partial charge in [-0.2, -0.15) is 0 Å². The van der Waals surface area contributed by atoms with Gasteiger partial charge in [0.2, 0.25) is 5.91 Å². The number of ether oxygens (including phenoxy) is 1. The standard InChI is InChI=1S/C22H26N2O3/c1-27-20-10-6-5-7-17(20)11-12-21(25)24-15-13-19(14-16-24)23-22(26)18-8-3-2-4-9-18/h2-10,19H,11-16H2,1H3,(H,23,26). The third-order valence-electron chi connectivity index (χ3n) is 5.02. The van der Waals surface area contributed by atoms with Gasteiger partial charge in [0, 0.05) is 31.1 Å². The molecule has 0 aromatic heterocycles. The molecule has 0 aliphatic carbocycles. The van der Waals surface area contributed by atoms with Gasteiger partial charge in [0.25, 0.3) is 5.91 Å². The lowest BCUT2D eigenvalue weighted by Crippen LogP contribution is -2.46. The van der Waals surface area contributed by atoms with E-state index in [1.54, 1.807) is 7.11 Å². The second-order valence-corrected chi connectivity index (χ2v) is 6.81. The van der Waals surface area contributed by atoms with Crippen LogP contribution < -0.4 is 10.1 Å². The van der Waals surface area contributed by atoms with Gasteiger partial charge in [0.05, 0.1) is 7.11 Å². The van der Waals surface area contributed by atoms with Gasteiger partial charge < -0.3 is 15.0 Å². The van der Waals surface area contributed by atoms with Crippen molar-refractivity contribution in [3.63, 3.8) is 0 Å². The summed E-state index contributed by atoms with van der Waals surface area (Å²) in [6, 6.07) is 17.2. The largest absolute Gasteiger partial charge is 0.496 e. The molecule has 0 saturated carbocycles. The van der Waals surface area contributed by atoms with Gasteiger partial charge in [-0.25, -0.2) is 0 Å². The van der Waals surface area contributed by atoms with E-state index in [0.717, 1.165) is 24.2 Å². The van der Waals surface area contributed by atoms with Gasteiger partial charge >= 0.3 is 0 Å². The van der Waals surface area contributed by atoms with E-state index < -0.39 is 0 Å².